The van der Waals surface area contributed by atoms with Crippen LogP contribution in [0.3, 0.4) is 0 Å². The van der Waals surface area contributed by atoms with Crippen molar-refractivity contribution >= 4 is 5.97 Å². The number of allylic oxidation sites excluding steroid dienone is 1. The minimum atomic E-state index is -0.441. The molecule has 0 amide bonds. The number of benzene rings is 2. The lowest BCUT2D eigenvalue weighted by molar-refractivity contribution is -0.154. The van der Waals surface area contributed by atoms with Crippen LogP contribution in [0.5, 0.6) is 5.75 Å². The van der Waals surface area contributed by atoms with Gasteiger partial charge in [0.05, 0.1) is 32.5 Å². The lowest BCUT2D eigenvalue weighted by Gasteiger charge is -2.36. The van der Waals surface area contributed by atoms with Gasteiger partial charge in [-0.25, -0.2) is 0 Å². The Labute approximate surface area is 240 Å². The van der Waals surface area contributed by atoms with E-state index in [-0.39, 0.29) is 18.2 Å². The van der Waals surface area contributed by atoms with Gasteiger partial charge in [-0.1, -0.05) is 55.0 Å². The molecule has 40 heavy (non-hydrogen) atoms. The van der Waals surface area contributed by atoms with E-state index in [1.165, 1.54) is 36.0 Å². The molecule has 2 aliphatic rings. The molecular weight excluding hydrogens is 502 g/mol. The largest absolute Gasteiger partial charge is 0.497 e. The predicted molar refractivity (Wildman–Crippen MR) is 159 cm³/mol. The van der Waals surface area contributed by atoms with Crippen molar-refractivity contribution in [1.82, 2.24) is 4.90 Å². The topological polar surface area (TPSA) is 57.2 Å². The molecule has 218 valence electrons. The summed E-state index contributed by atoms with van der Waals surface area (Å²) in [5.41, 5.74) is 3.07. The maximum Gasteiger partial charge on any atom is 0.306 e. The van der Waals surface area contributed by atoms with Gasteiger partial charge >= 0.3 is 5.97 Å². The van der Waals surface area contributed by atoms with Gasteiger partial charge in [-0.2, -0.15) is 0 Å². The summed E-state index contributed by atoms with van der Waals surface area (Å²) in [6, 6.07) is 17.2. The van der Waals surface area contributed by atoms with E-state index in [9.17, 15) is 4.79 Å². The van der Waals surface area contributed by atoms with Crippen LogP contribution < -0.4 is 4.74 Å². The molecule has 0 radical (unpaired) electrons. The van der Waals surface area contributed by atoms with Gasteiger partial charge in [-0.15, -0.1) is 0 Å². The van der Waals surface area contributed by atoms with Crippen molar-refractivity contribution in [2.45, 2.75) is 96.2 Å². The van der Waals surface area contributed by atoms with Crippen molar-refractivity contribution < 1.29 is 23.7 Å². The van der Waals surface area contributed by atoms with Gasteiger partial charge in [-0.3, -0.25) is 9.69 Å². The summed E-state index contributed by atoms with van der Waals surface area (Å²) in [5.74, 6) is 0.700. The van der Waals surface area contributed by atoms with Crippen molar-refractivity contribution in [1.29, 1.82) is 0 Å². The number of carbonyl (C=O) groups excluding carboxylic acids is 1. The third kappa shape index (κ3) is 9.18. The number of esters is 1. The second-order valence-corrected chi connectivity index (χ2v) is 11.9. The first kappa shape index (κ1) is 30.3. The molecule has 1 aliphatic heterocycles. The monoisotopic (exact) mass is 549 g/mol. The Kier molecular flexibility index (Phi) is 11.2. The molecule has 3 atom stereocenters. The van der Waals surface area contributed by atoms with Crippen molar-refractivity contribution in [3.8, 4) is 16.9 Å². The van der Waals surface area contributed by atoms with Gasteiger partial charge in [-0.05, 0) is 94.8 Å². The molecule has 6 nitrogen and oxygen atoms in total. The zero-order valence-corrected chi connectivity index (χ0v) is 24.8. The third-order valence-corrected chi connectivity index (χ3v) is 7.68. The van der Waals surface area contributed by atoms with E-state index in [4.69, 9.17) is 18.9 Å². The van der Waals surface area contributed by atoms with Crippen molar-refractivity contribution in [3.63, 3.8) is 0 Å². The molecular formula is C34H47NO5. The summed E-state index contributed by atoms with van der Waals surface area (Å²) in [5, 5.41) is 0. The van der Waals surface area contributed by atoms with Gasteiger partial charge in [0.25, 0.3) is 0 Å². The van der Waals surface area contributed by atoms with Gasteiger partial charge in [0, 0.05) is 12.5 Å². The van der Waals surface area contributed by atoms with Crippen LogP contribution in [0.4, 0.5) is 0 Å². The van der Waals surface area contributed by atoms with Crippen LogP contribution in [0.25, 0.3) is 11.1 Å². The van der Waals surface area contributed by atoms with Gasteiger partial charge in [0.2, 0.25) is 0 Å². The minimum Gasteiger partial charge on any atom is -0.497 e. The van der Waals surface area contributed by atoms with E-state index in [2.05, 4.69) is 41.3 Å². The smallest absolute Gasteiger partial charge is 0.306 e. The molecule has 0 aromatic heterocycles. The van der Waals surface area contributed by atoms with Crippen molar-refractivity contribution in [3.05, 3.63) is 66.2 Å². The summed E-state index contributed by atoms with van der Waals surface area (Å²) in [6.07, 6.45) is 11.2. The molecule has 1 heterocycles. The average molecular weight is 550 g/mol. The highest BCUT2D eigenvalue weighted by atomic mass is 16.6. The Morgan fingerprint density at radius 3 is 2.23 bits per heavy atom. The summed E-state index contributed by atoms with van der Waals surface area (Å²) in [4.78, 5) is 14.6. The van der Waals surface area contributed by atoms with E-state index >= 15 is 0 Å². The Morgan fingerprint density at radius 1 is 0.900 bits per heavy atom. The van der Waals surface area contributed by atoms with E-state index in [0.717, 1.165) is 31.7 Å². The molecule has 1 aliphatic carbocycles. The van der Waals surface area contributed by atoms with Crippen LogP contribution in [-0.4, -0.2) is 61.5 Å². The molecule has 2 aromatic carbocycles. The van der Waals surface area contributed by atoms with Crippen LogP contribution >= 0.6 is 0 Å². The Bertz CT molecular complexity index is 1070. The number of nitrogens with zero attached hydrogens (tertiary/aromatic N) is 1. The summed E-state index contributed by atoms with van der Waals surface area (Å²) >= 11 is 0. The highest BCUT2D eigenvalue weighted by Gasteiger charge is 2.41. The maximum absolute atomic E-state index is 12.0. The Hall–Kier alpha value is -2.67. The van der Waals surface area contributed by atoms with E-state index in [0.29, 0.717) is 32.1 Å². The number of rotatable bonds is 12. The molecule has 1 saturated carbocycles. The maximum atomic E-state index is 12.0. The summed E-state index contributed by atoms with van der Waals surface area (Å²) in [7, 11) is 1.68. The van der Waals surface area contributed by atoms with Crippen molar-refractivity contribution in [2.75, 3.05) is 26.8 Å². The molecule has 0 spiro atoms. The fourth-order valence-electron chi connectivity index (χ4n) is 5.67. The second-order valence-electron chi connectivity index (χ2n) is 11.9. The van der Waals surface area contributed by atoms with E-state index in [1.54, 1.807) is 7.11 Å². The van der Waals surface area contributed by atoms with Crippen LogP contribution in [0, 0.1) is 0 Å². The van der Waals surface area contributed by atoms with Gasteiger partial charge in [0.1, 0.15) is 11.4 Å². The number of methoxy groups -OCH3 is 1. The lowest BCUT2D eigenvalue weighted by Crippen LogP contribution is -2.47. The number of carbonyl (C=O) groups is 1. The summed E-state index contributed by atoms with van der Waals surface area (Å²) in [6.45, 7) is 9.08. The third-order valence-electron chi connectivity index (χ3n) is 7.68. The van der Waals surface area contributed by atoms with Crippen molar-refractivity contribution in [2.24, 2.45) is 0 Å². The van der Waals surface area contributed by atoms with Gasteiger partial charge < -0.3 is 18.9 Å². The highest BCUT2D eigenvalue weighted by Crippen LogP contribution is 2.32. The normalized spacial score (nSPS) is 22.1. The first-order valence-electron chi connectivity index (χ1n) is 14.9. The molecule has 6 heteroatoms. The number of likely N-dealkylation sites (tertiary alicyclic amines) is 1. The van der Waals surface area contributed by atoms with Crippen LogP contribution in [0.1, 0.15) is 71.3 Å². The molecule has 2 aromatic rings. The molecule has 0 bridgehead atoms. The molecule has 4 rings (SSSR count). The second kappa shape index (κ2) is 14.8. The van der Waals surface area contributed by atoms with Crippen LogP contribution in [0.2, 0.25) is 0 Å². The number of piperidine rings is 1. The Morgan fingerprint density at radius 2 is 1.57 bits per heavy atom. The molecule has 2 fully saturated rings. The SMILES string of the molecule is COc1ccc(-c2ccc(CO[C@@H]3CC[C@@H](N4CCCCC4)[C@@H]3OCC=CCCC(=O)OC(C)(C)C)cc2)cc1. The fraction of sp³-hybridized carbons (Fsp3) is 0.559. The van der Waals surface area contributed by atoms with E-state index in [1.807, 2.05) is 45.1 Å². The number of ether oxygens (including phenoxy) is 4. The summed E-state index contributed by atoms with van der Waals surface area (Å²) < 4.78 is 23.6. The highest BCUT2D eigenvalue weighted by molar-refractivity contribution is 5.70. The van der Waals surface area contributed by atoms with Crippen LogP contribution in [0.15, 0.2) is 60.7 Å². The first-order valence-corrected chi connectivity index (χ1v) is 14.9. The molecule has 1 saturated heterocycles. The first-order chi connectivity index (χ1) is 19.3. The predicted octanol–water partition coefficient (Wildman–Crippen LogP) is 6.96. The number of hydrogen-bond acceptors (Lipinski definition) is 6. The number of hydrogen-bond donors (Lipinski definition) is 0. The quantitative estimate of drug-likeness (QED) is 0.211. The zero-order chi connectivity index (χ0) is 28.4. The fourth-order valence-corrected chi connectivity index (χ4v) is 5.67. The average Bonchev–Trinajstić information content (AvgIpc) is 3.36. The zero-order valence-electron chi connectivity index (χ0n) is 24.8. The Balaban J connectivity index is 1.30. The van der Waals surface area contributed by atoms with Crippen LogP contribution in [-0.2, 0) is 25.6 Å². The lowest BCUT2D eigenvalue weighted by atomic mass is 10.0. The minimum absolute atomic E-state index is 0.0483. The molecule has 0 unspecified atom stereocenters. The van der Waals surface area contributed by atoms with E-state index < -0.39 is 5.60 Å². The van der Waals surface area contributed by atoms with Gasteiger partial charge in [0.15, 0.2) is 0 Å². The molecule has 0 N–H and O–H groups in total. The standard InChI is InChI=1S/C34H47NO5/c1-34(2,3)40-32(36)11-7-5-10-24-38-33-30(35-22-8-6-9-23-35)20-21-31(33)39-25-26-12-14-27(15-13-26)28-16-18-29(37-4)19-17-28/h5,10,12-19,30-31,33H,6-9,11,20-25H2,1-4H3/t30-,31-,33+/m1/s1.